The quantitative estimate of drug-likeness (QED) is 0.869. The molecular weight excluding hydrogens is 292 g/mol. The molecule has 0 radical (unpaired) electrons. The molecule has 6 heteroatoms. The van der Waals surface area contributed by atoms with Crippen LogP contribution in [0.15, 0.2) is 16.9 Å². The number of amides is 1. The molecule has 2 aromatic rings. The first kappa shape index (κ1) is 15.6. The van der Waals surface area contributed by atoms with Crippen molar-refractivity contribution in [1.82, 2.24) is 20.0 Å². The molecule has 1 saturated heterocycles. The Balaban J connectivity index is 1.59. The van der Waals surface area contributed by atoms with Gasteiger partial charge in [0, 0.05) is 37.0 Å². The highest BCUT2D eigenvalue weighted by molar-refractivity contribution is 5.79. The molecule has 122 valence electrons. The molecule has 3 rings (SSSR count). The Labute approximate surface area is 135 Å². The Bertz CT molecular complexity index is 683. The van der Waals surface area contributed by atoms with Crippen LogP contribution in [0.3, 0.4) is 0 Å². The van der Waals surface area contributed by atoms with Gasteiger partial charge >= 0.3 is 0 Å². The van der Waals surface area contributed by atoms with E-state index in [1.165, 1.54) is 0 Å². The van der Waals surface area contributed by atoms with E-state index in [0.717, 1.165) is 54.3 Å². The van der Waals surface area contributed by atoms with Gasteiger partial charge in [-0.25, -0.2) is 0 Å². The third-order valence-corrected chi connectivity index (χ3v) is 4.55. The van der Waals surface area contributed by atoms with Gasteiger partial charge in [0.1, 0.15) is 5.76 Å². The molecule has 3 heterocycles. The summed E-state index contributed by atoms with van der Waals surface area (Å²) in [6.07, 6.45) is 5.86. The monoisotopic (exact) mass is 314 g/mol. The fraction of sp³-hybridized carbons (Fsp3) is 0.529. The molecule has 0 unspecified atom stereocenters. The van der Waals surface area contributed by atoms with Gasteiger partial charge in [-0.1, -0.05) is 5.16 Å². The zero-order valence-electron chi connectivity index (χ0n) is 13.9. The topological polar surface area (TPSA) is 72.1 Å². The summed E-state index contributed by atoms with van der Waals surface area (Å²) in [5, 5.41) is 3.91. The average Bonchev–Trinajstić information content (AvgIpc) is 2.87. The van der Waals surface area contributed by atoms with Crippen LogP contribution in [0.1, 0.15) is 47.2 Å². The molecule has 6 nitrogen and oxygen atoms in total. The molecule has 0 N–H and O–H groups in total. The molecule has 2 aromatic heterocycles. The van der Waals surface area contributed by atoms with Crippen molar-refractivity contribution in [1.29, 1.82) is 0 Å². The van der Waals surface area contributed by atoms with Crippen LogP contribution in [-0.4, -0.2) is 39.0 Å². The second-order valence-electron chi connectivity index (χ2n) is 6.22. The Kier molecular flexibility index (Phi) is 4.41. The van der Waals surface area contributed by atoms with E-state index in [1.54, 1.807) is 6.20 Å². The molecule has 0 spiro atoms. The number of aryl methyl sites for hydroxylation is 3. The van der Waals surface area contributed by atoms with E-state index in [4.69, 9.17) is 4.52 Å². The third-order valence-electron chi connectivity index (χ3n) is 4.55. The van der Waals surface area contributed by atoms with Crippen molar-refractivity contribution in [2.75, 3.05) is 13.1 Å². The van der Waals surface area contributed by atoms with Crippen molar-refractivity contribution in [3.8, 4) is 0 Å². The summed E-state index contributed by atoms with van der Waals surface area (Å²) in [6.45, 7) is 7.22. The number of carbonyl (C=O) groups is 1. The summed E-state index contributed by atoms with van der Waals surface area (Å²) in [7, 11) is 0. The van der Waals surface area contributed by atoms with Gasteiger partial charge in [-0.2, -0.15) is 0 Å². The molecule has 0 saturated carbocycles. The largest absolute Gasteiger partial charge is 0.361 e. The highest BCUT2D eigenvalue weighted by Gasteiger charge is 2.26. The van der Waals surface area contributed by atoms with Crippen LogP contribution in [0.25, 0.3) is 0 Å². The molecule has 0 aromatic carbocycles. The van der Waals surface area contributed by atoms with Gasteiger partial charge in [0.2, 0.25) is 5.91 Å². The van der Waals surface area contributed by atoms with E-state index < -0.39 is 0 Å². The average molecular weight is 314 g/mol. The Morgan fingerprint density at radius 1 is 1.26 bits per heavy atom. The number of piperidine rings is 1. The second-order valence-corrected chi connectivity index (χ2v) is 6.22. The number of hydrogen-bond donors (Lipinski definition) is 0. The fourth-order valence-electron chi connectivity index (χ4n) is 3.12. The molecule has 1 fully saturated rings. The number of carbonyl (C=O) groups excluding carboxylic acids is 1. The first-order chi connectivity index (χ1) is 11.0. The maximum Gasteiger partial charge on any atom is 0.227 e. The van der Waals surface area contributed by atoms with E-state index in [2.05, 4.69) is 15.1 Å². The molecule has 23 heavy (non-hydrogen) atoms. The van der Waals surface area contributed by atoms with E-state index in [-0.39, 0.29) is 5.91 Å². The first-order valence-corrected chi connectivity index (χ1v) is 8.02. The van der Waals surface area contributed by atoms with Crippen LogP contribution in [0.2, 0.25) is 0 Å². The van der Waals surface area contributed by atoms with Gasteiger partial charge in [0.25, 0.3) is 0 Å². The summed E-state index contributed by atoms with van der Waals surface area (Å²) in [4.78, 5) is 23.2. The van der Waals surface area contributed by atoms with E-state index in [1.807, 2.05) is 31.9 Å². The fourth-order valence-corrected chi connectivity index (χ4v) is 3.12. The summed E-state index contributed by atoms with van der Waals surface area (Å²) in [5.41, 5.74) is 3.71. The third kappa shape index (κ3) is 3.41. The highest BCUT2D eigenvalue weighted by Crippen LogP contribution is 2.27. The number of rotatable bonds is 3. The summed E-state index contributed by atoms with van der Waals surface area (Å²) >= 11 is 0. The summed E-state index contributed by atoms with van der Waals surface area (Å²) in [5.74, 6) is 1.28. The predicted molar refractivity (Wildman–Crippen MR) is 85.0 cm³/mol. The lowest BCUT2D eigenvalue weighted by Gasteiger charge is -2.31. The first-order valence-electron chi connectivity index (χ1n) is 8.02. The minimum Gasteiger partial charge on any atom is -0.361 e. The maximum atomic E-state index is 12.5. The van der Waals surface area contributed by atoms with Gasteiger partial charge in [-0.05, 0) is 33.6 Å². The zero-order valence-corrected chi connectivity index (χ0v) is 13.9. The molecular formula is C17H22N4O2. The lowest BCUT2D eigenvalue weighted by Crippen LogP contribution is -2.39. The van der Waals surface area contributed by atoms with Crippen molar-refractivity contribution in [3.05, 3.63) is 40.8 Å². The van der Waals surface area contributed by atoms with Crippen LogP contribution in [-0.2, 0) is 11.2 Å². The number of aromatic nitrogens is 3. The SMILES string of the molecule is Cc1cncc(C2CCN(C(=O)Cc3c(C)noc3C)CC2)n1. The lowest BCUT2D eigenvalue weighted by molar-refractivity contribution is -0.131. The van der Waals surface area contributed by atoms with Crippen LogP contribution < -0.4 is 0 Å². The molecule has 1 amide bonds. The van der Waals surface area contributed by atoms with Gasteiger partial charge in [-0.15, -0.1) is 0 Å². The minimum absolute atomic E-state index is 0.146. The Morgan fingerprint density at radius 2 is 2.00 bits per heavy atom. The number of nitrogens with zero attached hydrogens (tertiary/aromatic N) is 4. The van der Waals surface area contributed by atoms with Crippen LogP contribution >= 0.6 is 0 Å². The molecule has 0 atom stereocenters. The Morgan fingerprint density at radius 3 is 2.61 bits per heavy atom. The molecule has 0 bridgehead atoms. The second kappa shape index (κ2) is 6.48. The Hall–Kier alpha value is -2.24. The normalized spacial score (nSPS) is 15.9. The minimum atomic E-state index is 0.146. The van der Waals surface area contributed by atoms with Gasteiger partial charge in [0.05, 0.1) is 23.5 Å². The van der Waals surface area contributed by atoms with Crippen LogP contribution in [0.4, 0.5) is 0 Å². The highest BCUT2D eigenvalue weighted by atomic mass is 16.5. The zero-order chi connectivity index (χ0) is 16.4. The van der Waals surface area contributed by atoms with E-state index >= 15 is 0 Å². The van der Waals surface area contributed by atoms with Crippen molar-refractivity contribution in [2.24, 2.45) is 0 Å². The van der Waals surface area contributed by atoms with E-state index in [0.29, 0.717) is 12.3 Å². The molecule has 0 aliphatic carbocycles. The van der Waals surface area contributed by atoms with Crippen molar-refractivity contribution >= 4 is 5.91 Å². The molecule has 1 aliphatic rings. The van der Waals surface area contributed by atoms with Crippen LogP contribution in [0.5, 0.6) is 0 Å². The van der Waals surface area contributed by atoms with E-state index in [9.17, 15) is 4.79 Å². The summed E-state index contributed by atoms with van der Waals surface area (Å²) in [6, 6.07) is 0. The van der Waals surface area contributed by atoms with Crippen molar-refractivity contribution in [3.63, 3.8) is 0 Å². The smallest absolute Gasteiger partial charge is 0.227 e. The number of likely N-dealkylation sites (tertiary alicyclic amines) is 1. The standard InChI is InChI=1S/C17H22N4O2/c1-11-9-18-10-16(19-11)14-4-6-21(7-5-14)17(22)8-15-12(2)20-23-13(15)3/h9-10,14H,4-8H2,1-3H3. The number of hydrogen-bond acceptors (Lipinski definition) is 5. The van der Waals surface area contributed by atoms with Gasteiger partial charge in [0.15, 0.2) is 0 Å². The summed E-state index contributed by atoms with van der Waals surface area (Å²) < 4.78 is 5.13. The predicted octanol–water partition coefficient (Wildman–Crippen LogP) is 2.34. The van der Waals surface area contributed by atoms with Crippen molar-refractivity contribution in [2.45, 2.75) is 46.0 Å². The maximum absolute atomic E-state index is 12.5. The van der Waals surface area contributed by atoms with Gasteiger partial charge in [-0.3, -0.25) is 14.8 Å². The van der Waals surface area contributed by atoms with Crippen LogP contribution in [0, 0.1) is 20.8 Å². The molecule has 1 aliphatic heterocycles. The lowest BCUT2D eigenvalue weighted by atomic mass is 9.93. The van der Waals surface area contributed by atoms with Crippen molar-refractivity contribution < 1.29 is 9.32 Å². The van der Waals surface area contributed by atoms with Gasteiger partial charge < -0.3 is 9.42 Å².